The Kier molecular flexibility index (Phi) is 6.33. The van der Waals surface area contributed by atoms with Gasteiger partial charge in [0.2, 0.25) is 5.91 Å². The molecular formula is C20H24N2OS. The number of hydrogen-bond acceptors (Lipinski definition) is 3. The Balaban J connectivity index is 1.40. The van der Waals surface area contributed by atoms with Crippen molar-refractivity contribution in [3.8, 4) is 0 Å². The molecule has 0 aliphatic carbocycles. The molecule has 3 rings (SSSR count). The van der Waals surface area contributed by atoms with Crippen LogP contribution in [0.25, 0.3) is 0 Å². The topological polar surface area (TPSA) is 41.1 Å². The number of rotatable bonds is 7. The third-order valence-corrected chi connectivity index (χ3v) is 5.32. The third kappa shape index (κ3) is 5.11. The first-order chi connectivity index (χ1) is 11.8. The van der Waals surface area contributed by atoms with Crippen LogP contribution >= 0.6 is 11.8 Å². The van der Waals surface area contributed by atoms with Gasteiger partial charge in [-0.15, -0.1) is 11.8 Å². The van der Waals surface area contributed by atoms with Crippen molar-refractivity contribution in [3.05, 3.63) is 60.2 Å². The molecule has 0 radical (unpaired) electrons. The van der Waals surface area contributed by atoms with E-state index in [4.69, 9.17) is 0 Å². The summed E-state index contributed by atoms with van der Waals surface area (Å²) in [6.45, 7) is 0.941. The van der Waals surface area contributed by atoms with Gasteiger partial charge >= 0.3 is 0 Å². The summed E-state index contributed by atoms with van der Waals surface area (Å²) in [7, 11) is 0. The SMILES string of the molecule is O=C(Nc1ccc(SCCCc2ccccc2)cc1)C1CCCN1. The van der Waals surface area contributed by atoms with Crippen molar-refractivity contribution in [2.75, 3.05) is 17.6 Å². The highest BCUT2D eigenvalue weighted by molar-refractivity contribution is 7.99. The van der Waals surface area contributed by atoms with Crippen LogP contribution in [0, 0.1) is 0 Å². The van der Waals surface area contributed by atoms with Gasteiger partial charge in [0.25, 0.3) is 0 Å². The molecule has 2 aromatic carbocycles. The zero-order valence-electron chi connectivity index (χ0n) is 13.8. The van der Waals surface area contributed by atoms with Crippen LogP contribution in [0.2, 0.25) is 0 Å². The van der Waals surface area contributed by atoms with Crippen molar-refractivity contribution in [1.82, 2.24) is 5.32 Å². The van der Waals surface area contributed by atoms with E-state index in [2.05, 4.69) is 53.1 Å². The van der Waals surface area contributed by atoms with Gasteiger partial charge < -0.3 is 10.6 Å². The molecule has 2 aromatic rings. The molecule has 126 valence electrons. The molecule has 0 bridgehead atoms. The second kappa shape index (κ2) is 8.90. The molecule has 0 saturated carbocycles. The van der Waals surface area contributed by atoms with Crippen molar-refractivity contribution in [2.24, 2.45) is 0 Å². The number of nitrogens with one attached hydrogen (secondary N) is 2. The van der Waals surface area contributed by atoms with Crippen LogP contribution in [0.4, 0.5) is 5.69 Å². The third-order valence-electron chi connectivity index (χ3n) is 4.22. The second-order valence-corrected chi connectivity index (χ2v) is 7.27. The van der Waals surface area contributed by atoms with E-state index in [0.717, 1.165) is 37.2 Å². The van der Waals surface area contributed by atoms with Crippen molar-refractivity contribution in [2.45, 2.75) is 36.6 Å². The van der Waals surface area contributed by atoms with E-state index in [1.807, 2.05) is 23.9 Å². The summed E-state index contributed by atoms with van der Waals surface area (Å²) < 4.78 is 0. The Morgan fingerprint density at radius 1 is 1.12 bits per heavy atom. The smallest absolute Gasteiger partial charge is 0.241 e. The minimum absolute atomic E-state index is 0.0305. The molecule has 24 heavy (non-hydrogen) atoms. The van der Waals surface area contributed by atoms with E-state index in [-0.39, 0.29) is 11.9 Å². The summed E-state index contributed by atoms with van der Waals surface area (Å²) in [4.78, 5) is 13.3. The lowest BCUT2D eigenvalue weighted by molar-refractivity contribution is -0.117. The van der Waals surface area contributed by atoms with Gasteiger partial charge in [-0.05, 0) is 67.8 Å². The van der Waals surface area contributed by atoms with E-state index in [1.165, 1.54) is 16.9 Å². The summed E-state index contributed by atoms with van der Waals surface area (Å²) >= 11 is 1.87. The number of benzene rings is 2. The predicted molar refractivity (Wildman–Crippen MR) is 102 cm³/mol. The molecule has 1 atom stereocenters. The van der Waals surface area contributed by atoms with Gasteiger partial charge in [-0.3, -0.25) is 4.79 Å². The van der Waals surface area contributed by atoms with Crippen LogP contribution < -0.4 is 10.6 Å². The fraction of sp³-hybridized carbons (Fsp3) is 0.350. The number of anilines is 1. The predicted octanol–water partition coefficient (Wildman–Crippen LogP) is 4.10. The molecular weight excluding hydrogens is 316 g/mol. The first-order valence-electron chi connectivity index (χ1n) is 8.62. The van der Waals surface area contributed by atoms with Crippen LogP contribution in [-0.2, 0) is 11.2 Å². The molecule has 1 fully saturated rings. The van der Waals surface area contributed by atoms with Gasteiger partial charge in [0.05, 0.1) is 6.04 Å². The van der Waals surface area contributed by atoms with Crippen LogP contribution in [0.3, 0.4) is 0 Å². The highest BCUT2D eigenvalue weighted by Crippen LogP contribution is 2.22. The number of thioether (sulfide) groups is 1. The Morgan fingerprint density at radius 3 is 2.62 bits per heavy atom. The largest absolute Gasteiger partial charge is 0.325 e. The second-order valence-electron chi connectivity index (χ2n) is 6.10. The first kappa shape index (κ1) is 17.1. The fourth-order valence-electron chi connectivity index (χ4n) is 2.88. The Morgan fingerprint density at radius 2 is 1.92 bits per heavy atom. The standard InChI is InChI=1S/C20H24N2OS/c23-20(19-9-4-14-21-19)22-17-10-12-18(13-11-17)24-15-5-8-16-6-2-1-3-7-16/h1-3,6-7,10-13,19,21H,4-5,8-9,14-15H2,(H,22,23). The molecule has 4 heteroatoms. The summed E-state index contributed by atoms with van der Waals surface area (Å²) in [6.07, 6.45) is 4.30. The van der Waals surface area contributed by atoms with Crippen molar-refractivity contribution < 1.29 is 4.79 Å². The van der Waals surface area contributed by atoms with Crippen LogP contribution in [-0.4, -0.2) is 24.2 Å². The van der Waals surface area contributed by atoms with E-state index in [9.17, 15) is 4.79 Å². The molecule has 1 unspecified atom stereocenters. The maximum atomic E-state index is 12.1. The average molecular weight is 340 g/mol. The number of hydrogen-bond donors (Lipinski definition) is 2. The van der Waals surface area contributed by atoms with Crippen LogP contribution in [0.15, 0.2) is 59.5 Å². The van der Waals surface area contributed by atoms with Gasteiger partial charge in [-0.1, -0.05) is 30.3 Å². The van der Waals surface area contributed by atoms with Gasteiger partial charge in [0.1, 0.15) is 0 Å². The van der Waals surface area contributed by atoms with Crippen molar-refractivity contribution in [1.29, 1.82) is 0 Å². The summed E-state index contributed by atoms with van der Waals surface area (Å²) in [5.74, 6) is 1.18. The number of amides is 1. The average Bonchev–Trinajstić information content (AvgIpc) is 3.16. The number of carbonyl (C=O) groups is 1. The molecule has 1 heterocycles. The zero-order chi connectivity index (χ0) is 16.6. The molecule has 1 aliphatic heterocycles. The van der Waals surface area contributed by atoms with Crippen LogP contribution in [0.5, 0.6) is 0 Å². The Bertz CT molecular complexity index is 636. The maximum Gasteiger partial charge on any atom is 0.241 e. The Labute approximate surface area is 148 Å². The summed E-state index contributed by atoms with van der Waals surface area (Å²) in [5, 5.41) is 6.21. The first-order valence-corrected chi connectivity index (χ1v) is 9.61. The monoisotopic (exact) mass is 340 g/mol. The minimum Gasteiger partial charge on any atom is -0.325 e. The maximum absolute atomic E-state index is 12.1. The number of aryl methyl sites for hydroxylation is 1. The van der Waals surface area contributed by atoms with Crippen LogP contribution in [0.1, 0.15) is 24.8 Å². The normalized spacial score (nSPS) is 16.9. The minimum atomic E-state index is -0.0305. The molecule has 1 saturated heterocycles. The van der Waals surface area contributed by atoms with E-state index in [0.29, 0.717) is 0 Å². The van der Waals surface area contributed by atoms with E-state index < -0.39 is 0 Å². The molecule has 0 spiro atoms. The van der Waals surface area contributed by atoms with Gasteiger partial charge in [-0.2, -0.15) is 0 Å². The fourth-order valence-corrected chi connectivity index (χ4v) is 3.74. The van der Waals surface area contributed by atoms with E-state index in [1.54, 1.807) is 0 Å². The lowest BCUT2D eigenvalue weighted by Crippen LogP contribution is -2.35. The van der Waals surface area contributed by atoms with E-state index >= 15 is 0 Å². The highest BCUT2D eigenvalue weighted by atomic mass is 32.2. The lowest BCUT2D eigenvalue weighted by atomic mass is 10.1. The molecule has 2 N–H and O–H groups in total. The van der Waals surface area contributed by atoms with Crippen molar-refractivity contribution in [3.63, 3.8) is 0 Å². The number of carbonyl (C=O) groups excluding carboxylic acids is 1. The quantitative estimate of drug-likeness (QED) is 0.589. The van der Waals surface area contributed by atoms with Gasteiger partial charge in [0.15, 0.2) is 0 Å². The molecule has 1 aliphatic rings. The molecule has 0 aromatic heterocycles. The molecule has 3 nitrogen and oxygen atoms in total. The Hall–Kier alpha value is -1.78. The van der Waals surface area contributed by atoms with Gasteiger partial charge in [-0.25, -0.2) is 0 Å². The molecule has 1 amide bonds. The summed E-state index contributed by atoms with van der Waals surface area (Å²) in [5.41, 5.74) is 2.28. The van der Waals surface area contributed by atoms with Crippen molar-refractivity contribution >= 4 is 23.4 Å². The lowest BCUT2D eigenvalue weighted by Gasteiger charge is -2.11. The summed E-state index contributed by atoms with van der Waals surface area (Å²) in [6, 6.07) is 18.7. The zero-order valence-corrected chi connectivity index (χ0v) is 14.6. The highest BCUT2D eigenvalue weighted by Gasteiger charge is 2.21. The van der Waals surface area contributed by atoms with Gasteiger partial charge in [0, 0.05) is 10.6 Å².